The van der Waals surface area contributed by atoms with Crippen LogP contribution in [0.5, 0.6) is 0 Å². The normalized spacial score (nSPS) is 12.5. The van der Waals surface area contributed by atoms with Crippen molar-refractivity contribution in [3.63, 3.8) is 0 Å². The fourth-order valence-corrected chi connectivity index (χ4v) is 3.14. The molecular formula is C16H16BrClO. The first-order valence-electron chi connectivity index (χ1n) is 6.16. The Morgan fingerprint density at radius 3 is 2.37 bits per heavy atom. The summed E-state index contributed by atoms with van der Waals surface area (Å²) in [4.78, 5) is 0. The van der Waals surface area contributed by atoms with E-state index in [0.717, 1.165) is 10.0 Å². The minimum Gasteiger partial charge on any atom is -0.388 e. The van der Waals surface area contributed by atoms with E-state index in [0.29, 0.717) is 11.4 Å². The molecule has 100 valence electrons. The van der Waals surface area contributed by atoms with Crippen molar-refractivity contribution in [1.29, 1.82) is 0 Å². The Hall–Kier alpha value is -0.830. The molecule has 1 N–H and O–H groups in total. The van der Waals surface area contributed by atoms with Crippen molar-refractivity contribution >= 4 is 27.5 Å². The predicted molar refractivity (Wildman–Crippen MR) is 83.7 cm³/mol. The van der Waals surface area contributed by atoms with Gasteiger partial charge in [0.1, 0.15) is 0 Å². The van der Waals surface area contributed by atoms with E-state index in [9.17, 15) is 5.11 Å². The maximum atomic E-state index is 10.4. The van der Waals surface area contributed by atoms with Crippen LogP contribution in [0, 0.1) is 13.8 Å². The zero-order valence-electron chi connectivity index (χ0n) is 11.0. The first-order valence-corrected chi connectivity index (χ1v) is 7.33. The molecule has 1 atom stereocenters. The molecule has 1 unspecified atom stereocenters. The third-order valence-corrected chi connectivity index (χ3v) is 3.99. The lowest BCUT2D eigenvalue weighted by Crippen LogP contribution is -2.05. The van der Waals surface area contributed by atoms with Crippen molar-refractivity contribution < 1.29 is 5.11 Å². The van der Waals surface area contributed by atoms with Gasteiger partial charge in [-0.15, -0.1) is 0 Å². The summed E-state index contributed by atoms with van der Waals surface area (Å²) in [6.07, 6.45) is 0.0560. The molecule has 0 heterocycles. The predicted octanol–water partition coefficient (Wildman–Crippen LogP) is 5.00. The highest BCUT2D eigenvalue weighted by Crippen LogP contribution is 2.27. The van der Waals surface area contributed by atoms with Gasteiger partial charge in [-0.25, -0.2) is 0 Å². The molecule has 0 aliphatic carbocycles. The van der Waals surface area contributed by atoms with E-state index in [4.69, 9.17) is 11.6 Å². The van der Waals surface area contributed by atoms with Crippen LogP contribution in [-0.4, -0.2) is 5.11 Å². The van der Waals surface area contributed by atoms with Crippen LogP contribution >= 0.6 is 27.5 Å². The molecular weight excluding hydrogens is 324 g/mol. The second kappa shape index (κ2) is 6.08. The third-order valence-electron chi connectivity index (χ3n) is 3.31. The number of rotatable bonds is 3. The molecule has 1 nitrogen and oxygen atoms in total. The highest BCUT2D eigenvalue weighted by Gasteiger charge is 2.13. The monoisotopic (exact) mass is 338 g/mol. The summed E-state index contributed by atoms with van der Waals surface area (Å²) in [6, 6.07) is 11.7. The number of aryl methyl sites for hydroxylation is 2. The van der Waals surface area contributed by atoms with E-state index in [1.165, 1.54) is 16.7 Å². The second-order valence-corrected chi connectivity index (χ2v) is 6.15. The summed E-state index contributed by atoms with van der Waals surface area (Å²) >= 11 is 9.42. The molecule has 19 heavy (non-hydrogen) atoms. The smallest absolute Gasteiger partial charge is 0.0831 e. The number of hydrogen-bond acceptors (Lipinski definition) is 1. The lowest BCUT2D eigenvalue weighted by Gasteiger charge is -2.15. The quantitative estimate of drug-likeness (QED) is 0.834. The van der Waals surface area contributed by atoms with E-state index in [1.807, 2.05) is 24.3 Å². The van der Waals surface area contributed by atoms with Crippen molar-refractivity contribution in [3.8, 4) is 0 Å². The van der Waals surface area contributed by atoms with Gasteiger partial charge < -0.3 is 5.11 Å². The SMILES string of the molecule is Cc1cccc(C)c1CC(O)c1cc(Cl)cc(Br)c1. The molecule has 2 aromatic carbocycles. The Morgan fingerprint density at radius 2 is 1.79 bits per heavy atom. The van der Waals surface area contributed by atoms with Gasteiger partial charge in [0.25, 0.3) is 0 Å². The zero-order valence-corrected chi connectivity index (χ0v) is 13.3. The Bertz CT molecular complexity index is 555. The minimum absolute atomic E-state index is 0.546. The molecule has 0 radical (unpaired) electrons. The van der Waals surface area contributed by atoms with Crippen LogP contribution in [0.3, 0.4) is 0 Å². The lowest BCUT2D eigenvalue weighted by molar-refractivity contribution is 0.178. The number of halogens is 2. The van der Waals surface area contributed by atoms with Gasteiger partial charge in [0.05, 0.1) is 6.10 Å². The van der Waals surface area contributed by atoms with Crippen LogP contribution in [0.25, 0.3) is 0 Å². The van der Waals surface area contributed by atoms with E-state index in [1.54, 1.807) is 0 Å². The van der Waals surface area contributed by atoms with Gasteiger partial charge in [0, 0.05) is 15.9 Å². The van der Waals surface area contributed by atoms with Gasteiger partial charge in [-0.2, -0.15) is 0 Å². The summed E-state index contributed by atoms with van der Waals surface area (Å²) in [7, 11) is 0. The van der Waals surface area contributed by atoms with Crippen LogP contribution < -0.4 is 0 Å². The van der Waals surface area contributed by atoms with E-state index in [-0.39, 0.29) is 0 Å². The van der Waals surface area contributed by atoms with Gasteiger partial charge >= 0.3 is 0 Å². The van der Waals surface area contributed by atoms with Crippen molar-refractivity contribution in [2.75, 3.05) is 0 Å². The highest BCUT2D eigenvalue weighted by atomic mass is 79.9. The maximum Gasteiger partial charge on any atom is 0.0831 e. The molecule has 0 aliphatic rings. The molecule has 0 fully saturated rings. The molecule has 0 saturated heterocycles. The second-order valence-electron chi connectivity index (χ2n) is 4.79. The average Bonchev–Trinajstić information content (AvgIpc) is 2.32. The molecule has 0 saturated carbocycles. The average molecular weight is 340 g/mol. The summed E-state index contributed by atoms with van der Waals surface area (Å²) in [5.41, 5.74) is 4.45. The fourth-order valence-electron chi connectivity index (χ4n) is 2.25. The molecule has 2 aromatic rings. The van der Waals surface area contributed by atoms with E-state index >= 15 is 0 Å². The molecule has 0 spiro atoms. The van der Waals surface area contributed by atoms with E-state index < -0.39 is 6.10 Å². The summed E-state index contributed by atoms with van der Waals surface area (Å²) in [5, 5.41) is 11.0. The Kier molecular flexibility index (Phi) is 4.67. The molecule has 0 bridgehead atoms. The zero-order chi connectivity index (χ0) is 14.0. The Labute approximate surface area is 127 Å². The van der Waals surface area contributed by atoms with Crippen LogP contribution in [0.1, 0.15) is 28.4 Å². The van der Waals surface area contributed by atoms with Crippen molar-refractivity contribution in [2.24, 2.45) is 0 Å². The fraction of sp³-hybridized carbons (Fsp3) is 0.250. The molecule has 0 aliphatic heterocycles. The lowest BCUT2D eigenvalue weighted by atomic mass is 9.95. The summed E-state index contributed by atoms with van der Waals surface area (Å²) in [6.45, 7) is 4.14. The van der Waals surface area contributed by atoms with Crippen LogP contribution in [0.4, 0.5) is 0 Å². The van der Waals surface area contributed by atoms with Gasteiger partial charge in [-0.3, -0.25) is 0 Å². The minimum atomic E-state index is -0.546. The van der Waals surface area contributed by atoms with E-state index in [2.05, 4.69) is 41.9 Å². The number of aliphatic hydroxyl groups is 1. The largest absolute Gasteiger partial charge is 0.388 e. The standard InChI is InChI=1S/C16H16BrClO/c1-10-4-3-5-11(2)15(10)9-16(19)12-6-13(17)8-14(18)7-12/h3-8,16,19H,9H2,1-2H3. The molecule has 0 amide bonds. The van der Waals surface area contributed by atoms with Crippen molar-refractivity contribution in [1.82, 2.24) is 0 Å². The third kappa shape index (κ3) is 3.59. The first-order chi connectivity index (χ1) is 8.97. The Morgan fingerprint density at radius 1 is 1.16 bits per heavy atom. The number of benzene rings is 2. The Balaban J connectivity index is 2.28. The van der Waals surface area contributed by atoms with Gasteiger partial charge in [-0.1, -0.05) is 45.7 Å². The highest BCUT2D eigenvalue weighted by molar-refractivity contribution is 9.10. The summed E-state index contributed by atoms with van der Waals surface area (Å²) < 4.78 is 0.885. The molecule has 2 rings (SSSR count). The van der Waals surface area contributed by atoms with Gasteiger partial charge in [-0.05, 0) is 54.3 Å². The number of aliphatic hydroxyl groups excluding tert-OH is 1. The van der Waals surface area contributed by atoms with Crippen molar-refractivity contribution in [3.05, 3.63) is 68.1 Å². The number of hydrogen-bond donors (Lipinski definition) is 1. The van der Waals surface area contributed by atoms with Gasteiger partial charge in [0.15, 0.2) is 0 Å². The maximum absolute atomic E-state index is 10.4. The van der Waals surface area contributed by atoms with Crippen LogP contribution in [0.2, 0.25) is 5.02 Å². The van der Waals surface area contributed by atoms with Crippen molar-refractivity contribution in [2.45, 2.75) is 26.4 Å². The first kappa shape index (κ1) is 14.6. The topological polar surface area (TPSA) is 20.2 Å². The van der Waals surface area contributed by atoms with Gasteiger partial charge in [0.2, 0.25) is 0 Å². The molecule has 3 heteroatoms. The van der Waals surface area contributed by atoms with Crippen LogP contribution in [0.15, 0.2) is 40.9 Å². The molecule has 0 aromatic heterocycles. The summed E-state index contributed by atoms with van der Waals surface area (Å²) in [5.74, 6) is 0. The van der Waals surface area contributed by atoms with Crippen LogP contribution in [-0.2, 0) is 6.42 Å².